The number of H-pyrrole nitrogens is 1. The molecule has 19 heavy (non-hydrogen) atoms. The minimum absolute atomic E-state index is 0.280. The van der Waals surface area contributed by atoms with Crippen LogP contribution in [0.4, 0.5) is 5.82 Å². The van der Waals surface area contributed by atoms with E-state index in [0.717, 1.165) is 5.56 Å². The second-order valence-electron chi connectivity index (χ2n) is 3.83. The van der Waals surface area contributed by atoms with Crippen molar-refractivity contribution < 1.29 is 9.26 Å². The summed E-state index contributed by atoms with van der Waals surface area (Å²) in [5.74, 6) is 1.42. The van der Waals surface area contributed by atoms with Crippen LogP contribution in [0.3, 0.4) is 0 Å². The second-order valence-corrected chi connectivity index (χ2v) is 3.83. The zero-order chi connectivity index (χ0) is 13.2. The summed E-state index contributed by atoms with van der Waals surface area (Å²) >= 11 is 0. The van der Waals surface area contributed by atoms with Crippen molar-refractivity contribution in [2.75, 3.05) is 12.8 Å². The standard InChI is InChI=1S/C12H11N5O2/c1-18-9-5-3-2-4-7(9)10-11(19-16-12(10)13)8-6-14-17-15-8/h2-6H,1H3,(H2,13,16)(H,14,15,17). The summed E-state index contributed by atoms with van der Waals surface area (Å²) in [5, 5.41) is 14.0. The van der Waals surface area contributed by atoms with Crippen LogP contribution in [0.15, 0.2) is 35.0 Å². The summed E-state index contributed by atoms with van der Waals surface area (Å²) in [4.78, 5) is 0. The third-order valence-electron chi connectivity index (χ3n) is 2.74. The van der Waals surface area contributed by atoms with Gasteiger partial charge in [-0.3, -0.25) is 0 Å². The molecule has 0 atom stereocenters. The molecule has 0 aliphatic heterocycles. The molecule has 0 radical (unpaired) electrons. The van der Waals surface area contributed by atoms with Gasteiger partial charge in [0.1, 0.15) is 5.75 Å². The topological polar surface area (TPSA) is 103 Å². The molecule has 0 bridgehead atoms. The van der Waals surface area contributed by atoms with E-state index in [1.807, 2.05) is 24.3 Å². The molecule has 0 amide bonds. The van der Waals surface area contributed by atoms with E-state index in [0.29, 0.717) is 22.8 Å². The van der Waals surface area contributed by atoms with Gasteiger partial charge in [-0.15, -0.1) is 0 Å². The Bertz CT molecular complexity index is 690. The van der Waals surface area contributed by atoms with Crippen LogP contribution in [-0.2, 0) is 0 Å². The highest BCUT2D eigenvalue weighted by Gasteiger charge is 2.21. The Balaban J connectivity index is 2.23. The largest absolute Gasteiger partial charge is 0.496 e. The minimum atomic E-state index is 0.280. The molecule has 2 heterocycles. The molecular weight excluding hydrogens is 246 g/mol. The number of hydrogen-bond donors (Lipinski definition) is 2. The zero-order valence-corrected chi connectivity index (χ0v) is 10.1. The average Bonchev–Trinajstić information content (AvgIpc) is 3.07. The van der Waals surface area contributed by atoms with E-state index in [4.69, 9.17) is 15.0 Å². The number of nitrogens with two attached hydrogens (primary N) is 1. The number of nitrogens with zero attached hydrogens (tertiary/aromatic N) is 3. The summed E-state index contributed by atoms with van der Waals surface area (Å²) in [6, 6.07) is 7.48. The number of ether oxygens (including phenoxy) is 1. The molecule has 2 aromatic heterocycles. The van der Waals surface area contributed by atoms with Crippen LogP contribution in [0.25, 0.3) is 22.6 Å². The quantitative estimate of drug-likeness (QED) is 0.740. The van der Waals surface area contributed by atoms with Gasteiger partial charge in [0, 0.05) is 5.56 Å². The van der Waals surface area contributed by atoms with Crippen LogP contribution in [-0.4, -0.2) is 27.7 Å². The molecule has 3 rings (SSSR count). The summed E-state index contributed by atoms with van der Waals surface area (Å²) in [6.45, 7) is 0. The average molecular weight is 257 g/mol. The minimum Gasteiger partial charge on any atom is -0.496 e. The SMILES string of the molecule is COc1ccccc1-c1c(N)noc1-c1cn[nH]n1. The van der Waals surface area contributed by atoms with E-state index < -0.39 is 0 Å². The normalized spacial score (nSPS) is 10.6. The van der Waals surface area contributed by atoms with E-state index in [1.165, 1.54) is 0 Å². The smallest absolute Gasteiger partial charge is 0.198 e. The van der Waals surface area contributed by atoms with Gasteiger partial charge in [0.25, 0.3) is 0 Å². The Morgan fingerprint density at radius 1 is 1.32 bits per heavy atom. The van der Waals surface area contributed by atoms with E-state index in [1.54, 1.807) is 13.3 Å². The van der Waals surface area contributed by atoms with Gasteiger partial charge in [-0.05, 0) is 6.07 Å². The lowest BCUT2D eigenvalue weighted by molar-refractivity contribution is 0.416. The monoisotopic (exact) mass is 257 g/mol. The Hall–Kier alpha value is -2.83. The molecule has 7 heteroatoms. The van der Waals surface area contributed by atoms with Gasteiger partial charge in [0.05, 0.1) is 18.9 Å². The Morgan fingerprint density at radius 3 is 2.89 bits per heavy atom. The van der Waals surface area contributed by atoms with Gasteiger partial charge in [-0.1, -0.05) is 23.4 Å². The van der Waals surface area contributed by atoms with E-state index in [-0.39, 0.29) is 5.82 Å². The number of rotatable bonds is 3. The first kappa shape index (κ1) is 11.3. The highest BCUT2D eigenvalue weighted by atomic mass is 16.5. The lowest BCUT2D eigenvalue weighted by Crippen LogP contribution is -1.92. The first-order valence-electron chi connectivity index (χ1n) is 5.56. The van der Waals surface area contributed by atoms with Gasteiger partial charge >= 0.3 is 0 Å². The predicted molar refractivity (Wildman–Crippen MR) is 68.3 cm³/mol. The van der Waals surface area contributed by atoms with Crippen LogP contribution in [0.5, 0.6) is 5.75 Å². The molecule has 0 spiro atoms. The number of benzene rings is 1. The highest BCUT2D eigenvalue weighted by molar-refractivity contribution is 5.88. The zero-order valence-electron chi connectivity index (χ0n) is 10.1. The van der Waals surface area contributed by atoms with Crippen molar-refractivity contribution in [3.8, 4) is 28.3 Å². The predicted octanol–water partition coefficient (Wildman–Crippen LogP) is 1.72. The molecule has 0 aliphatic carbocycles. The van der Waals surface area contributed by atoms with Crippen LogP contribution >= 0.6 is 0 Å². The maximum absolute atomic E-state index is 5.88. The molecule has 1 aromatic carbocycles. The van der Waals surface area contributed by atoms with Crippen LogP contribution in [0, 0.1) is 0 Å². The Kier molecular flexibility index (Phi) is 2.64. The van der Waals surface area contributed by atoms with Gasteiger partial charge in [-0.2, -0.15) is 15.4 Å². The van der Waals surface area contributed by atoms with Crippen molar-refractivity contribution in [3.63, 3.8) is 0 Å². The molecule has 3 aromatic rings. The lowest BCUT2D eigenvalue weighted by Gasteiger charge is -2.07. The number of aromatic nitrogens is 4. The number of nitrogens with one attached hydrogen (secondary N) is 1. The Labute approximate surface area is 108 Å². The fourth-order valence-electron chi connectivity index (χ4n) is 1.90. The maximum Gasteiger partial charge on any atom is 0.198 e. The number of methoxy groups -OCH3 is 1. The maximum atomic E-state index is 5.88. The van der Waals surface area contributed by atoms with Gasteiger partial charge < -0.3 is 15.0 Å². The first-order valence-corrected chi connectivity index (χ1v) is 5.56. The Morgan fingerprint density at radius 2 is 2.16 bits per heavy atom. The third-order valence-corrected chi connectivity index (χ3v) is 2.74. The fourth-order valence-corrected chi connectivity index (χ4v) is 1.90. The second kappa shape index (κ2) is 4.45. The summed E-state index contributed by atoms with van der Waals surface area (Å²) < 4.78 is 10.6. The fraction of sp³-hybridized carbons (Fsp3) is 0.0833. The van der Waals surface area contributed by atoms with Gasteiger partial charge in [0.2, 0.25) is 0 Å². The number of aromatic amines is 1. The summed E-state index contributed by atoms with van der Waals surface area (Å²) in [6.07, 6.45) is 1.54. The van der Waals surface area contributed by atoms with Crippen molar-refractivity contribution >= 4 is 5.82 Å². The number of para-hydroxylation sites is 1. The molecule has 0 fully saturated rings. The summed E-state index contributed by atoms with van der Waals surface area (Å²) in [7, 11) is 1.60. The molecular formula is C12H11N5O2. The molecule has 3 N–H and O–H groups in total. The van der Waals surface area contributed by atoms with Crippen molar-refractivity contribution in [2.45, 2.75) is 0 Å². The van der Waals surface area contributed by atoms with Crippen molar-refractivity contribution in [1.82, 2.24) is 20.6 Å². The number of nitrogen functional groups attached to an aromatic ring is 1. The van der Waals surface area contributed by atoms with Crippen molar-refractivity contribution in [1.29, 1.82) is 0 Å². The van der Waals surface area contributed by atoms with Crippen LogP contribution < -0.4 is 10.5 Å². The lowest BCUT2D eigenvalue weighted by atomic mass is 10.0. The van der Waals surface area contributed by atoms with Crippen LogP contribution in [0.2, 0.25) is 0 Å². The third kappa shape index (κ3) is 1.81. The number of anilines is 1. The molecule has 0 saturated carbocycles. The number of hydrogen-bond acceptors (Lipinski definition) is 6. The molecule has 0 unspecified atom stereocenters. The van der Waals surface area contributed by atoms with Crippen LogP contribution in [0.1, 0.15) is 0 Å². The molecule has 7 nitrogen and oxygen atoms in total. The van der Waals surface area contributed by atoms with Gasteiger partial charge in [0.15, 0.2) is 17.3 Å². The molecule has 0 saturated heterocycles. The van der Waals surface area contributed by atoms with E-state index in [9.17, 15) is 0 Å². The molecule has 96 valence electrons. The van der Waals surface area contributed by atoms with E-state index >= 15 is 0 Å². The van der Waals surface area contributed by atoms with Gasteiger partial charge in [-0.25, -0.2) is 0 Å². The first-order chi connectivity index (χ1) is 9.31. The highest BCUT2D eigenvalue weighted by Crippen LogP contribution is 2.39. The van der Waals surface area contributed by atoms with Crippen molar-refractivity contribution in [3.05, 3.63) is 30.5 Å². The molecule has 0 aliphatic rings. The summed E-state index contributed by atoms with van der Waals surface area (Å²) in [5.41, 5.74) is 7.85. The van der Waals surface area contributed by atoms with E-state index in [2.05, 4.69) is 20.6 Å². The van der Waals surface area contributed by atoms with Crippen molar-refractivity contribution in [2.24, 2.45) is 0 Å².